The van der Waals surface area contributed by atoms with Crippen LogP contribution in [-0.2, 0) is 14.3 Å². The van der Waals surface area contributed by atoms with Crippen molar-refractivity contribution in [1.82, 2.24) is 14.4 Å². The van der Waals surface area contributed by atoms with E-state index in [0.29, 0.717) is 49.8 Å². The minimum atomic E-state index is -0.372. The van der Waals surface area contributed by atoms with Gasteiger partial charge in [0, 0.05) is 50.0 Å². The van der Waals surface area contributed by atoms with Gasteiger partial charge in [0.05, 0.1) is 38.5 Å². The van der Waals surface area contributed by atoms with Crippen LogP contribution in [0.15, 0.2) is 54.6 Å². The third kappa shape index (κ3) is 6.08. The average Bonchev–Trinajstić information content (AvgIpc) is 3.32. The van der Waals surface area contributed by atoms with Crippen molar-refractivity contribution >= 4 is 17.8 Å². The smallest absolute Gasteiger partial charge is 0.306 e. The number of amides is 2. The number of nitrogens with zero attached hydrogens (tertiary/aromatic N) is 3. The molecular weight excluding hydrogens is 498 g/mol. The maximum Gasteiger partial charge on any atom is 0.306 e. The van der Waals surface area contributed by atoms with Crippen molar-refractivity contribution in [3.63, 3.8) is 0 Å². The van der Waals surface area contributed by atoms with Gasteiger partial charge < -0.3 is 28.6 Å². The third-order valence-corrected chi connectivity index (χ3v) is 6.94. The van der Waals surface area contributed by atoms with Crippen LogP contribution in [0.2, 0.25) is 0 Å². The first kappa shape index (κ1) is 27.8. The van der Waals surface area contributed by atoms with E-state index < -0.39 is 0 Å². The molecule has 4 rings (SSSR count). The zero-order chi connectivity index (χ0) is 27.9. The van der Waals surface area contributed by atoms with Gasteiger partial charge in [-0.15, -0.1) is 0 Å². The molecule has 0 N–H and O–H groups in total. The number of aromatic nitrogens is 1. The average molecular weight is 534 g/mol. The molecule has 0 bridgehead atoms. The number of benzene rings is 2. The molecule has 0 saturated carbocycles. The lowest BCUT2D eigenvalue weighted by Gasteiger charge is -2.34. The van der Waals surface area contributed by atoms with Gasteiger partial charge in [-0.2, -0.15) is 0 Å². The van der Waals surface area contributed by atoms with Crippen LogP contribution in [0.25, 0.3) is 16.9 Å². The van der Waals surface area contributed by atoms with E-state index in [4.69, 9.17) is 14.2 Å². The SMILES string of the molecule is CCOC(=O)CCC(=O)N1CCN(C(=O)c2cc(-c3ccccc3)n(-c3ccc(OC)c(OC)c3)c2C)CC1. The molecule has 0 atom stereocenters. The summed E-state index contributed by atoms with van der Waals surface area (Å²) in [5.74, 6) is 0.667. The first-order valence-electron chi connectivity index (χ1n) is 13.1. The highest BCUT2D eigenvalue weighted by atomic mass is 16.5. The Morgan fingerprint density at radius 1 is 0.821 bits per heavy atom. The Kier molecular flexibility index (Phi) is 8.91. The molecule has 39 heavy (non-hydrogen) atoms. The van der Waals surface area contributed by atoms with E-state index in [1.54, 1.807) is 30.9 Å². The minimum absolute atomic E-state index is 0.0664. The Balaban J connectivity index is 1.57. The predicted octanol–water partition coefficient (Wildman–Crippen LogP) is 4.10. The number of esters is 1. The Bertz CT molecular complexity index is 1330. The number of methoxy groups -OCH3 is 2. The van der Waals surface area contributed by atoms with Crippen molar-refractivity contribution < 1.29 is 28.6 Å². The minimum Gasteiger partial charge on any atom is -0.493 e. The number of carbonyl (C=O) groups is 3. The van der Waals surface area contributed by atoms with Crippen molar-refractivity contribution in [2.45, 2.75) is 26.7 Å². The van der Waals surface area contributed by atoms with E-state index in [9.17, 15) is 14.4 Å². The molecule has 0 radical (unpaired) electrons. The summed E-state index contributed by atoms with van der Waals surface area (Å²) in [5.41, 5.74) is 4.12. The van der Waals surface area contributed by atoms with Crippen LogP contribution < -0.4 is 9.47 Å². The summed E-state index contributed by atoms with van der Waals surface area (Å²) in [6.45, 7) is 5.67. The first-order chi connectivity index (χ1) is 18.9. The van der Waals surface area contributed by atoms with Crippen molar-refractivity contribution in [3.05, 3.63) is 65.9 Å². The van der Waals surface area contributed by atoms with Gasteiger partial charge in [-0.25, -0.2) is 0 Å². The Morgan fingerprint density at radius 3 is 2.13 bits per heavy atom. The van der Waals surface area contributed by atoms with E-state index in [1.165, 1.54) is 0 Å². The molecule has 206 valence electrons. The summed E-state index contributed by atoms with van der Waals surface area (Å²) in [7, 11) is 3.19. The fourth-order valence-electron chi connectivity index (χ4n) is 4.87. The second-order valence-electron chi connectivity index (χ2n) is 9.25. The molecule has 1 aromatic heterocycles. The maximum absolute atomic E-state index is 13.7. The predicted molar refractivity (Wildman–Crippen MR) is 147 cm³/mol. The molecule has 1 aliphatic rings. The number of rotatable bonds is 9. The second kappa shape index (κ2) is 12.5. The van der Waals surface area contributed by atoms with Crippen LogP contribution in [0.3, 0.4) is 0 Å². The Labute approximate surface area is 228 Å². The number of piperazine rings is 1. The molecule has 9 heteroatoms. The normalized spacial score (nSPS) is 13.2. The summed E-state index contributed by atoms with van der Waals surface area (Å²) >= 11 is 0. The van der Waals surface area contributed by atoms with Crippen LogP contribution in [0.5, 0.6) is 11.5 Å². The lowest BCUT2D eigenvalue weighted by Crippen LogP contribution is -2.50. The van der Waals surface area contributed by atoms with Gasteiger partial charge in [0.2, 0.25) is 5.91 Å². The Hall–Kier alpha value is -4.27. The Morgan fingerprint density at radius 2 is 1.49 bits per heavy atom. The zero-order valence-electron chi connectivity index (χ0n) is 22.9. The quantitative estimate of drug-likeness (QED) is 0.385. The molecule has 2 heterocycles. The highest BCUT2D eigenvalue weighted by molar-refractivity contribution is 5.97. The fourth-order valence-corrected chi connectivity index (χ4v) is 4.87. The zero-order valence-corrected chi connectivity index (χ0v) is 22.9. The van der Waals surface area contributed by atoms with Gasteiger partial charge in [-0.1, -0.05) is 30.3 Å². The molecule has 9 nitrogen and oxygen atoms in total. The van der Waals surface area contributed by atoms with Gasteiger partial charge in [0.25, 0.3) is 5.91 Å². The molecule has 0 aliphatic carbocycles. The summed E-state index contributed by atoms with van der Waals surface area (Å²) in [6, 6.07) is 17.5. The first-order valence-corrected chi connectivity index (χ1v) is 13.1. The summed E-state index contributed by atoms with van der Waals surface area (Å²) in [4.78, 5) is 41.4. The molecular formula is C30H35N3O6. The van der Waals surface area contributed by atoms with Crippen LogP contribution in [0.4, 0.5) is 0 Å². The van der Waals surface area contributed by atoms with Crippen LogP contribution in [-0.4, -0.2) is 79.2 Å². The van der Waals surface area contributed by atoms with E-state index in [1.807, 2.05) is 61.5 Å². The summed E-state index contributed by atoms with van der Waals surface area (Å²) in [5, 5.41) is 0. The molecule has 1 aliphatic heterocycles. The molecule has 2 amide bonds. The van der Waals surface area contributed by atoms with E-state index in [-0.39, 0.29) is 30.6 Å². The molecule has 1 fully saturated rings. The van der Waals surface area contributed by atoms with Crippen LogP contribution >= 0.6 is 0 Å². The van der Waals surface area contributed by atoms with Gasteiger partial charge >= 0.3 is 5.97 Å². The number of ether oxygens (including phenoxy) is 3. The van der Waals surface area contributed by atoms with Gasteiger partial charge in [0.1, 0.15) is 0 Å². The molecule has 0 spiro atoms. The van der Waals surface area contributed by atoms with Crippen molar-refractivity contribution in [2.75, 3.05) is 47.0 Å². The summed E-state index contributed by atoms with van der Waals surface area (Å²) in [6.07, 6.45) is 0.178. The van der Waals surface area contributed by atoms with Crippen molar-refractivity contribution in [3.8, 4) is 28.4 Å². The number of carbonyl (C=O) groups excluding carboxylic acids is 3. The molecule has 1 saturated heterocycles. The number of hydrogen-bond acceptors (Lipinski definition) is 6. The van der Waals surface area contributed by atoms with Gasteiger partial charge in [0.15, 0.2) is 11.5 Å². The highest BCUT2D eigenvalue weighted by Crippen LogP contribution is 2.34. The lowest BCUT2D eigenvalue weighted by molar-refractivity contribution is -0.146. The van der Waals surface area contributed by atoms with E-state index in [2.05, 4.69) is 4.57 Å². The topological polar surface area (TPSA) is 90.3 Å². The summed E-state index contributed by atoms with van der Waals surface area (Å²) < 4.78 is 17.9. The molecule has 0 unspecified atom stereocenters. The van der Waals surface area contributed by atoms with Gasteiger partial charge in [-0.05, 0) is 37.6 Å². The fraction of sp³-hybridized carbons (Fsp3) is 0.367. The monoisotopic (exact) mass is 533 g/mol. The van der Waals surface area contributed by atoms with E-state index >= 15 is 0 Å². The molecule has 3 aromatic rings. The van der Waals surface area contributed by atoms with E-state index in [0.717, 1.165) is 22.6 Å². The highest BCUT2D eigenvalue weighted by Gasteiger charge is 2.28. The third-order valence-electron chi connectivity index (χ3n) is 6.94. The van der Waals surface area contributed by atoms with Crippen LogP contribution in [0.1, 0.15) is 35.8 Å². The van der Waals surface area contributed by atoms with Crippen molar-refractivity contribution in [1.29, 1.82) is 0 Å². The largest absolute Gasteiger partial charge is 0.493 e. The standard InChI is InChI=1S/C30H35N3O6/c1-5-39-29(35)14-13-28(34)31-15-17-32(18-16-31)30(36)24-20-25(22-9-7-6-8-10-22)33(21(24)2)23-11-12-26(37-3)27(19-23)38-4/h6-12,19-20H,5,13-18H2,1-4H3. The molecule has 2 aromatic carbocycles. The van der Waals surface area contributed by atoms with Gasteiger partial charge in [-0.3, -0.25) is 14.4 Å². The van der Waals surface area contributed by atoms with Crippen LogP contribution in [0, 0.1) is 6.92 Å². The van der Waals surface area contributed by atoms with Crippen molar-refractivity contribution in [2.24, 2.45) is 0 Å². The number of hydrogen-bond donors (Lipinski definition) is 0. The maximum atomic E-state index is 13.7. The lowest BCUT2D eigenvalue weighted by atomic mass is 10.1. The second-order valence-corrected chi connectivity index (χ2v) is 9.25.